The quantitative estimate of drug-likeness (QED) is 0.0886. The third-order valence-corrected chi connectivity index (χ3v) is 4.73. The van der Waals surface area contributed by atoms with Crippen molar-refractivity contribution in [3.63, 3.8) is 0 Å². The minimum Gasteiger partial charge on any atom is -0.664 e. The molecular weight excluding hydrogens is 517 g/mol. The topological polar surface area (TPSA) is 128 Å². The summed E-state index contributed by atoms with van der Waals surface area (Å²) in [5.41, 5.74) is 19.7. The van der Waals surface area contributed by atoms with E-state index < -0.39 is 4.92 Å². The molecule has 0 bridgehead atoms. The molecule has 34 heavy (non-hydrogen) atoms. The van der Waals surface area contributed by atoms with Gasteiger partial charge in [0.05, 0.1) is 10.6 Å². The third kappa shape index (κ3) is 8.28. The molecule has 0 atom stereocenters. The maximum Gasteiger partial charge on any atom is 2.00 e. The molecule has 0 saturated carbocycles. The minimum atomic E-state index is -0.412. The first kappa shape index (κ1) is 28.2. The zero-order valence-corrected chi connectivity index (χ0v) is 20.8. The van der Waals surface area contributed by atoms with E-state index in [2.05, 4.69) is 55.0 Å². The van der Waals surface area contributed by atoms with Crippen LogP contribution in [0.2, 0.25) is 0 Å². The van der Waals surface area contributed by atoms with Gasteiger partial charge < -0.3 is 16.0 Å². The van der Waals surface area contributed by atoms with E-state index in [-0.39, 0.29) is 25.2 Å². The van der Waals surface area contributed by atoms with Gasteiger partial charge in [0.2, 0.25) is 0 Å². The number of nitrogens with zero attached hydrogens (tertiary/aromatic N) is 6. The number of nitro benzene ring substituents is 1. The Morgan fingerprint density at radius 1 is 1.06 bits per heavy atom. The molecular formula is C25H24N6O2Ru. The smallest absolute Gasteiger partial charge is 0.664 e. The minimum absolute atomic E-state index is 0. The van der Waals surface area contributed by atoms with Gasteiger partial charge in [0.15, 0.2) is 0 Å². The first-order chi connectivity index (χ1) is 15.9. The van der Waals surface area contributed by atoms with Crippen LogP contribution in [0.15, 0.2) is 89.7 Å². The van der Waals surface area contributed by atoms with E-state index in [1.54, 1.807) is 24.5 Å². The van der Waals surface area contributed by atoms with Crippen molar-refractivity contribution in [3.05, 3.63) is 133 Å². The van der Waals surface area contributed by atoms with E-state index >= 15 is 0 Å². The van der Waals surface area contributed by atoms with Crippen molar-refractivity contribution in [1.82, 2.24) is 4.98 Å². The Hall–Kier alpha value is -3.80. The summed E-state index contributed by atoms with van der Waals surface area (Å²) in [4.78, 5) is 20.4. The van der Waals surface area contributed by atoms with Gasteiger partial charge in [-0.3, -0.25) is 20.0 Å². The number of aryl methyl sites for hydroxylation is 1. The molecule has 0 amide bonds. The predicted molar refractivity (Wildman–Crippen MR) is 132 cm³/mol. The second-order valence-electron chi connectivity index (χ2n) is 7.38. The summed E-state index contributed by atoms with van der Waals surface area (Å²) in [6.45, 7) is 6.54. The Balaban J connectivity index is 0.000000349. The standard InChI is InChI=1S/C15H10N3O2.C10H14.N3.Ru/c19-18(20)12-7-5-11(6-8-12)15(13-3-1-9-16-13)14-4-2-10-17-14;1-8(2)10-6-4-9(3)5-7-10;1-3-2;/h1-10H;4-8H,1-3H3;;/q-1;;-1;+2/b15-13-;;;. The molecule has 0 spiro atoms. The second-order valence-corrected chi connectivity index (χ2v) is 7.38. The molecule has 3 aromatic rings. The number of nitro groups is 1. The molecule has 2 heterocycles. The fraction of sp³-hybridized carbons (Fsp3) is 0.160. The van der Waals surface area contributed by atoms with Gasteiger partial charge in [-0.15, -0.1) is 5.69 Å². The number of hydrogen-bond donors (Lipinski definition) is 0. The van der Waals surface area contributed by atoms with Crippen LogP contribution in [0.3, 0.4) is 0 Å². The SMILES string of the molecule is Cc1ccc(C(C)C)cc1.O=[N+]([O-])c1ccc(/C(=C2\C=CC=N2)c2ccc[n-]2)cc1.[N-]=[N+]=[N-].[Ru+2]. The monoisotopic (exact) mass is 542 g/mol. The van der Waals surface area contributed by atoms with Crippen LogP contribution >= 0.6 is 0 Å². The van der Waals surface area contributed by atoms with E-state index in [1.165, 1.54) is 28.2 Å². The molecule has 4 rings (SSSR count). The molecule has 1 aliphatic heterocycles. The van der Waals surface area contributed by atoms with E-state index in [1.807, 2.05) is 24.3 Å². The van der Waals surface area contributed by atoms with Gasteiger partial charge in [-0.1, -0.05) is 55.8 Å². The summed E-state index contributed by atoms with van der Waals surface area (Å²) in [5.74, 6) is 0.653. The Bertz CT molecular complexity index is 1160. The Morgan fingerprint density at radius 3 is 2.12 bits per heavy atom. The molecule has 0 aliphatic carbocycles. The van der Waals surface area contributed by atoms with Crippen molar-refractivity contribution in [2.45, 2.75) is 26.7 Å². The van der Waals surface area contributed by atoms with Crippen molar-refractivity contribution in [2.24, 2.45) is 4.99 Å². The molecule has 0 unspecified atom stereocenters. The Labute approximate surface area is 211 Å². The van der Waals surface area contributed by atoms with Crippen LogP contribution in [0.4, 0.5) is 5.69 Å². The van der Waals surface area contributed by atoms with Crippen molar-refractivity contribution < 1.29 is 24.4 Å². The summed E-state index contributed by atoms with van der Waals surface area (Å²) in [6.07, 6.45) is 7.17. The van der Waals surface area contributed by atoms with Gasteiger partial charge in [-0.05, 0) is 53.8 Å². The normalized spacial score (nSPS) is 12.5. The summed E-state index contributed by atoms with van der Waals surface area (Å²) >= 11 is 0. The molecule has 9 heteroatoms. The summed E-state index contributed by atoms with van der Waals surface area (Å²) < 4.78 is 0. The van der Waals surface area contributed by atoms with Crippen molar-refractivity contribution in [1.29, 1.82) is 0 Å². The summed E-state index contributed by atoms with van der Waals surface area (Å²) in [5, 5.41) is 10.7. The van der Waals surface area contributed by atoms with E-state index in [9.17, 15) is 10.1 Å². The number of benzene rings is 2. The summed E-state index contributed by atoms with van der Waals surface area (Å²) in [7, 11) is 0. The van der Waals surface area contributed by atoms with Crippen LogP contribution in [0.25, 0.3) is 21.5 Å². The molecule has 0 N–H and O–H groups in total. The Morgan fingerprint density at radius 2 is 1.68 bits per heavy atom. The summed E-state index contributed by atoms with van der Waals surface area (Å²) in [6, 6.07) is 18.9. The van der Waals surface area contributed by atoms with Gasteiger partial charge in [0.1, 0.15) is 0 Å². The zero-order valence-electron chi connectivity index (χ0n) is 19.0. The average molecular weight is 542 g/mol. The number of non-ortho nitro benzene ring substituents is 1. The van der Waals surface area contributed by atoms with Crippen LogP contribution < -0.4 is 4.98 Å². The second kappa shape index (κ2) is 14.4. The molecule has 174 valence electrons. The van der Waals surface area contributed by atoms with Gasteiger partial charge in [-0.2, -0.15) is 6.20 Å². The molecule has 0 radical (unpaired) electrons. The predicted octanol–water partition coefficient (Wildman–Crippen LogP) is 6.93. The number of aliphatic imine (C=N–C) groups is 1. The molecule has 2 aromatic carbocycles. The fourth-order valence-electron chi connectivity index (χ4n) is 3.03. The number of hydrogen-bond acceptors (Lipinski definition) is 3. The molecule has 1 aliphatic rings. The molecule has 1 aromatic heterocycles. The van der Waals surface area contributed by atoms with E-state index in [0.29, 0.717) is 5.92 Å². The first-order valence-electron chi connectivity index (χ1n) is 10.2. The first-order valence-corrected chi connectivity index (χ1v) is 10.2. The van der Waals surface area contributed by atoms with Crippen LogP contribution in [-0.4, -0.2) is 11.1 Å². The zero-order chi connectivity index (χ0) is 24.2. The molecule has 0 fully saturated rings. The molecule has 0 saturated heterocycles. The average Bonchev–Trinajstić information content (AvgIpc) is 3.51. The van der Waals surface area contributed by atoms with Crippen molar-refractivity contribution in [2.75, 3.05) is 0 Å². The van der Waals surface area contributed by atoms with E-state index in [0.717, 1.165) is 22.5 Å². The van der Waals surface area contributed by atoms with Crippen LogP contribution in [0, 0.1) is 17.0 Å². The van der Waals surface area contributed by atoms with Gasteiger partial charge >= 0.3 is 19.5 Å². The maximum atomic E-state index is 10.7. The van der Waals surface area contributed by atoms with Crippen molar-refractivity contribution >= 4 is 17.5 Å². The molecule has 8 nitrogen and oxygen atoms in total. The van der Waals surface area contributed by atoms with Crippen molar-refractivity contribution in [3.8, 4) is 0 Å². The maximum absolute atomic E-state index is 10.7. The number of allylic oxidation sites excluding steroid dienone is 2. The number of aromatic nitrogens is 1. The van der Waals surface area contributed by atoms with Gasteiger partial charge in [-0.25, -0.2) is 0 Å². The largest absolute Gasteiger partial charge is 2.00 e. The van der Waals surface area contributed by atoms with Crippen LogP contribution in [-0.2, 0) is 19.5 Å². The van der Waals surface area contributed by atoms with Gasteiger partial charge in [0.25, 0.3) is 5.69 Å². The Kier molecular flexibility index (Phi) is 11.9. The van der Waals surface area contributed by atoms with Crippen LogP contribution in [0.1, 0.15) is 42.1 Å². The fourth-order valence-corrected chi connectivity index (χ4v) is 3.03. The van der Waals surface area contributed by atoms with Crippen LogP contribution in [0.5, 0.6) is 0 Å². The number of rotatable bonds is 4. The van der Waals surface area contributed by atoms with E-state index in [4.69, 9.17) is 11.1 Å². The van der Waals surface area contributed by atoms with Gasteiger partial charge in [0, 0.05) is 18.3 Å². The third-order valence-electron chi connectivity index (χ3n) is 4.73.